The molecule has 0 amide bonds. The zero-order valence-electron chi connectivity index (χ0n) is 9.82. The molecule has 0 fully saturated rings. The third-order valence-electron chi connectivity index (χ3n) is 2.09. The van der Waals surface area contributed by atoms with Gasteiger partial charge < -0.3 is 15.8 Å². The van der Waals surface area contributed by atoms with Gasteiger partial charge in [-0.15, -0.1) is 0 Å². The van der Waals surface area contributed by atoms with Crippen LogP contribution in [0.4, 0.5) is 11.4 Å². The maximum Gasteiger partial charge on any atom is 0.146 e. The Balaban J connectivity index is 3.08. The number of nitrogens with zero attached hydrogens (tertiary/aromatic N) is 1. The van der Waals surface area contributed by atoms with E-state index in [1.165, 1.54) is 5.01 Å². The zero-order valence-corrected chi connectivity index (χ0v) is 9.82. The Labute approximate surface area is 95.6 Å². The van der Waals surface area contributed by atoms with E-state index in [9.17, 15) is 0 Å². The third kappa shape index (κ3) is 2.80. The second kappa shape index (κ2) is 5.27. The van der Waals surface area contributed by atoms with Crippen molar-refractivity contribution in [1.82, 2.24) is 0 Å². The van der Waals surface area contributed by atoms with Crippen molar-refractivity contribution < 1.29 is 4.74 Å². The average Bonchev–Trinajstić information content (AvgIpc) is 2.27. The molecule has 0 saturated heterocycles. The van der Waals surface area contributed by atoms with Crippen LogP contribution in [0.2, 0.25) is 0 Å². The van der Waals surface area contributed by atoms with Crippen LogP contribution in [0.3, 0.4) is 0 Å². The van der Waals surface area contributed by atoms with Crippen LogP contribution in [0.25, 0.3) is 0 Å². The van der Waals surface area contributed by atoms with E-state index in [1.807, 2.05) is 25.2 Å². The topological polar surface area (TPSA) is 76.5 Å². The Bertz CT molecular complexity index is 386. The van der Waals surface area contributed by atoms with E-state index >= 15 is 0 Å². The molecule has 0 aliphatic heterocycles. The quantitative estimate of drug-likeness (QED) is 0.528. The summed E-state index contributed by atoms with van der Waals surface area (Å²) >= 11 is 0. The normalized spacial score (nSPS) is 11.1. The smallest absolute Gasteiger partial charge is 0.146 e. The molecule has 0 unspecified atom stereocenters. The predicted molar refractivity (Wildman–Crippen MR) is 67.2 cm³/mol. The van der Waals surface area contributed by atoms with E-state index in [0.717, 1.165) is 11.4 Å². The molecule has 16 heavy (non-hydrogen) atoms. The fourth-order valence-corrected chi connectivity index (χ4v) is 1.34. The van der Waals surface area contributed by atoms with E-state index in [-0.39, 0.29) is 0 Å². The summed E-state index contributed by atoms with van der Waals surface area (Å²) in [6, 6.07) is 5.65. The van der Waals surface area contributed by atoms with E-state index in [1.54, 1.807) is 20.2 Å². The van der Waals surface area contributed by atoms with Crippen LogP contribution >= 0.6 is 0 Å². The molecule has 0 heterocycles. The number of allylic oxidation sites excluding steroid dienone is 1. The van der Waals surface area contributed by atoms with Crippen molar-refractivity contribution in [2.75, 3.05) is 24.5 Å². The zero-order chi connectivity index (χ0) is 12.1. The standard InChI is InChI=1S/C11H18N4O/c1-8(12)7-15(13)10-5-4-9(14-2)6-11(10)16-3/h4-7,14H,12-13H2,1-3H3/b8-7-. The van der Waals surface area contributed by atoms with Crippen LogP contribution in [0, 0.1) is 0 Å². The van der Waals surface area contributed by atoms with Gasteiger partial charge in [0, 0.05) is 30.7 Å². The van der Waals surface area contributed by atoms with Crippen LogP contribution in [0.15, 0.2) is 30.1 Å². The van der Waals surface area contributed by atoms with Crippen molar-refractivity contribution in [2.24, 2.45) is 11.6 Å². The first-order valence-corrected chi connectivity index (χ1v) is 4.92. The highest BCUT2D eigenvalue weighted by atomic mass is 16.5. The highest BCUT2D eigenvalue weighted by Gasteiger charge is 2.07. The first kappa shape index (κ1) is 12.2. The summed E-state index contributed by atoms with van der Waals surface area (Å²) < 4.78 is 5.26. The molecule has 1 rings (SSSR count). The van der Waals surface area contributed by atoms with Gasteiger partial charge in [0.1, 0.15) is 5.75 Å². The summed E-state index contributed by atoms with van der Waals surface area (Å²) in [5.74, 6) is 6.53. The molecule has 0 bridgehead atoms. The van der Waals surface area contributed by atoms with E-state index < -0.39 is 0 Å². The SMILES string of the molecule is CNc1ccc(N(N)/C=C(/C)N)c(OC)c1. The number of methoxy groups -OCH3 is 1. The molecule has 1 aromatic rings. The van der Waals surface area contributed by atoms with E-state index in [4.69, 9.17) is 16.3 Å². The Morgan fingerprint density at radius 1 is 1.50 bits per heavy atom. The number of anilines is 2. The molecule has 5 heteroatoms. The van der Waals surface area contributed by atoms with E-state index in [2.05, 4.69) is 5.32 Å². The van der Waals surface area contributed by atoms with Crippen molar-refractivity contribution in [3.8, 4) is 5.75 Å². The molecule has 0 radical (unpaired) electrons. The summed E-state index contributed by atoms with van der Waals surface area (Å²) in [6.07, 6.45) is 1.64. The third-order valence-corrected chi connectivity index (χ3v) is 2.09. The number of hydrazine groups is 1. The average molecular weight is 222 g/mol. The van der Waals surface area contributed by atoms with Crippen LogP contribution < -0.4 is 26.6 Å². The van der Waals surface area contributed by atoms with Crippen LogP contribution in [0.1, 0.15) is 6.92 Å². The monoisotopic (exact) mass is 222 g/mol. The first-order valence-electron chi connectivity index (χ1n) is 4.92. The van der Waals surface area contributed by atoms with E-state index in [0.29, 0.717) is 11.4 Å². The van der Waals surface area contributed by atoms with Crippen molar-refractivity contribution in [1.29, 1.82) is 0 Å². The number of nitrogens with two attached hydrogens (primary N) is 2. The molecule has 88 valence electrons. The van der Waals surface area contributed by atoms with Gasteiger partial charge in [0.15, 0.2) is 0 Å². The number of benzene rings is 1. The Hall–Kier alpha value is -1.88. The highest BCUT2D eigenvalue weighted by molar-refractivity contribution is 5.65. The molecule has 0 atom stereocenters. The summed E-state index contributed by atoms with van der Waals surface area (Å²) in [7, 11) is 3.45. The number of nitrogens with one attached hydrogen (secondary N) is 1. The van der Waals surface area contributed by atoms with Crippen molar-refractivity contribution >= 4 is 11.4 Å². The molecule has 5 nitrogen and oxygen atoms in total. The van der Waals surface area contributed by atoms with Gasteiger partial charge in [0.25, 0.3) is 0 Å². The lowest BCUT2D eigenvalue weighted by molar-refractivity contribution is 0.415. The fourth-order valence-electron chi connectivity index (χ4n) is 1.34. The number of hydrogen-bond donors (Lipinski definition) is 3. The number of ether oxygens (including phenoxy) is 1. The largest absolute Gasteiger partial charge is 0.494 e. The Morgan fingerprint density at radius 2 is 2.19 bits per heavy atom. The Morgan fingerprint density at radius 3 is 2.69 bits per heavy atom. The predicted octanol–water partition coefficient (Wildman–Crippen LogP) is 1.24. The summed E-state index contributed by atoms with van der Waals surface area (Å²) in [4.78, 5) is 0. The molecule has 0 saturated carbocycles. The lowest BCUT2D eigenvalue weighted by atomic mass is 10.2. The second-order valence-electron chi connectivity index (χ2n) is 3.42. The summed E-state index contributed by atoms with van der Waals surface area (Å²) in [6.45, 7) is 1.77. The minimum atomic E-state index is 0.627. The van der Waals surface area contributed by atoms with Gasteiger partial charge in [-0.05, 0) is 19.1 Å². The molecule has 5 N–H and O–H groups in total. The van der Waals surface area contributed by atoms with Gasteiger partial charge in [-0.3, -0.25) is 5.01 Å². The first-order chi connectivity index (χ1) is 7.58. The molecular formula is C11H18N4O. The van der Waals surface area contributed by atoms with Gasteiger partial charge in [-0.2, -0.15) is 0 Å². The molecule has 0 aliphatic rings. The van der Waals surface area contributed by atoms with Gasteiger partial charge in [-0.25, -0.2) is 5.84 Å². The van der Waals surface area contributed by atoms with Gasteiger partial charge in [-0.1, -0.05) is 0 Å². The Kier molecular flexibility index (Phi) is 4.02. The fraction of sp³-hybridized carbons (Fsp3) is 0.273. The highest BCUT2D eigenvalue weighted by Crippen LogP contribution is 2.29. The van der Waals surface area contributed by atoms with Gasteiger partial charge >= 0.3 is 0 Å². The number of rotatable bonds is 4. The van der Waals surface area contributed by atoms with Crippen LogP contribution in [-0.4, -0.2) is 14.2 Å². The van der Waals surface area contributed by atoms with Crippen LogP contribution in [0.5, 0.6) is 5.75 Å². The lowest BCUT2D eigenvalue weighted by Crippen LogP contribution is -2.26. The molecule has 1 aromatic carbocycles. The number of hydrogen-bond acceptors (Lipinski definition) is 5. The molecular weight excluding hydrogens is 204 g/mol. The van der Waals surface area contributed by atoms with Gasteiger partial charge in [0.2, 0.25) is 0 Å². The summed E-state index contributed by atoms with van der Waals surface area (Å²) in [5, 5.41) is 4.47. The minimum absolute atomic E-state index is 0.627. The maximum absolute atomic E-state index is 5.84. The van der Waals surface area contributed by atoms with Crippen molar-refractivity contribution in [3.05, 3.63) is 30.1 Å². The van der Waals surface area contributed by atoms with Gasteiger partial charge in [0.05, 0.1) is 12.8 Å². The molecule has 0 aliphatic carbocycles. The molecule has 0 spiro atoms. The van der Waals surface area contributed by atoms with Crippen LogP contribution in [-0.2, 0) is 0 Å². The maximum atomic E-state index is 5.84. The lowest BCUT2D eigenvalue weighted by Gasteiger charge is -2.18. The minimum Gasteiger partial charge on any atom is -0.494 e. The molecule has 0 aromatic heterocycles. The van der Waals surface area contributed by atoms with Crippen molar-refractivity contribution in [3.63, 3.8) is 0 Å². The second-order valence-corrected chi connectivity index (χ2v) is 3.42. The summed E-state index contributed by atoms with van der Waals surface area (Å²) in [5.41, 5.74) is 7.91. The van der Waals surface area contributed by atoms with Crippen molar-refractivity contribution in [2.45, 2.75) is 6.92 Å².